The van der Waals surface area contributed by atoms with Gasteiger partial charge in [-0.15, -0.1) is 0 Å². The molecule has 1 saturated heterocycles. The number of ether oxygens (including phenoxy) is 2. The highest BCUT2D eigenvalue weighted by atomic mass is 16.7. The molecule has 0 aliphatic carbocycles. The maximum atomic E-state index is 12.0. The van der Waals surface area contributed by atoms with Crippen LogP contribution >= 0.6 is 0 Å². The smallest absolute Gasteiger partial charge is 0.223 e. The molecule has 0 aromatic rings. The highest BCUT2D eigenvalue weighted by molar-refractivity contribution is 5.78. The van der Waals surface area contributed by atoms with E-state index < -0.39 is 6.10 Å². The quantitative estimate of drug-likeness (QED) is 0.563. The van der Waals surface area contributed by atoms with Crippen molar-refractivity contribution in [3.05, 3.63) is 0 Å². The van der Waals surface area contributed by atoms with Gasteiger partial charge in [-0.25, -0.2) is 0 Å². The molecule has 1 aliphatic rings. The third kappa shape index (κ3) is 8.11. The summed E-state index contributed by atoms with van der Waals surface area (Å²) in [7, 11) is 1.61. The minimum atomic E-state index is -0.675. The van der Waals surface area contributed by atoms with Gasteiger partial charge in [0, 0.05) is 25.6 Å². The van der Waals surface area contributed by atoms with Crippen molar-refractivity contribution in [3.8, 4) is 0 Å². The first kappa shape index (κ1) is 20.4. The first-order chi connectivity index (χ1) is 10.9. The fraction of sp³-hybridized carbons (Fsp3) is 0.941. The first-order valence-corrected chi connectivity index (χ1v) is 8.82. The van der Waals surface area contributed by atoms with Gasteiger partial charge in [-0.2, -0.15) is 0 Å². The molecule has 1 rings (SSSR count). The van der Waals surface area contributed by atoms with Crippen molar-refractivity contribution >= 4 is 5.91 Å². The van der Waals surface area contributed by atoms with Gasteiger partial charge >= 0.3 is 0 Å². The molecular weight excluding hydrogens is 296 g/mol. The standard InChI is InChI=1S/C17H34N2O4/c1-12(2)10-14(18)15(20)11-13(17(21)19-3)7-9-23-16-6-4-5-8-22-16/h12-16,20H,4-11,18H2,1-3H3,(H,19,21)/t13?,14-,15?,16?/m0/s1. The van der Waals surface area contributed by atoms with E-state index in [-0.39, 0.29) is 24.2 Å². The monoisotopic (exact) mass is 330 g/mol. The Morgan fingerprint density at radius 1 is 1.39 bits per heavy atom. The highest BCUT2D eigenvalue weighted by Gasteiger charge is 2.25. The van der Waals surface area contributed by atoms with E-state index in [4.69, 9.17) is 15.2 Å². The molecule has 4 N–H and O–H groups in total. The molecule has 23 heavy (non-hydrogen) atoms. The Morgan fingerprint density at radius 3 is 2.70 bits per heavy atom. The van der Waals surface area contributed by atoms with Crippen LogP contribution in [0.2, 0.25) is 0 Å². The molecule has 1 fully saturated rings. The lowest BCUT2D eigenvalue weighted by atomic mass is 9.91. The maximum absolute atomic E-state index is 12.0. The van der Waals surface area contributed by atoms with Crippen molar-refractivity contribution in [2.45, 2.75) is 70.8 Å². The SMILES string of the molecule is CNC(=O)C(CCOC1CCCCO1)CC(O)[C@@H](N)CC(C)C. The minimum Gasteiger partial charge on any atom is -0.391 e. The van der Waals surface area contributed by atoms with E-state index in [1.165, 1.54) is 0 Å². The third-order valence-electron chi connectivity index (χ3n) is 4.29. The van der Waals surface area contributed by atoms with E-state index in [2.05, 4.69) is 19.2 Å². The molecule has 1 heterocycles. The Kier molecular flexibility index (Phi) is 9.71. The molecule has 0 bridgehead atoms. The van der Waals surface area contributed by atoms with Crippen LogP contribution < -0.4 is 11.1 Å². The molecule has 3 unspecified atom stereocenters. The van der Waals surface area contributed by atoms with Crippen molar-refractivity contribution in [2.75, 3.05) is 20.3 Å². The minimum absolute atomic E-state index is 0.0750. The first-order valence-electron chi connectivity index (χ1n) is 8.82. The molecule has 1 aliphatic heterocycles. The average Bonchev–Trinajstić information content (AvgIpc) is 2.53. The number of hydrogen-bond donors (Lipinski definition) is 3. The molecule has 6 heteroatoms. The molecule has 6 nitrogen and oxygen atoms in total. The Hall–Kier alpha value is -0.690. The molecule has 0 radical (unpaired) electrons. The second-order valence-corrected chi connectivity index (χ2v) is 6.86. The second kappa shape index (κ2) is 11.0. The van der Waals surface area contributed by atoms with Gasteiger partial charge in [0.1, 0.15) is 0 Å². The van der Waals surface area contributed by atoms with Gasteiger partial charge in [-0.3, -0.25) is 4.79 Å². The van der Waals surface area contributed by atoms with Crippen molar-refractivity contribution in [1.29, 1.82) is 0 Å². The average molecular weight is 330 g/mol. The fourth-order valence-electron chi connectivity index (χ4n) is 2.91. The highest BCUT2D eigenvalue weighted by Crippen LogP contribution is 2.19. The van der Waals surface area contributed by atoms with Crippen LogP contribution in [0.25, 0.3) is 0 Å². The largest absolute Gasteiger partial charge is 0.391 e. The summed E-state index contributed by atoms with van der Waals surface area (Å²) in [5, 5.41) is 12.9. The zero-order valence-corrected chi connectivity index (χ0v) is 14.8. The molecule has 0 saturated carbocycles. The van der Waals surface area contributed by atoms with E-state index in [0.717, 1.165) is 32.3 Å². The molecule has 4 atom stereocenters. The van der Waals surface area contributed by atoms with Gasteiger partial charge in [-0.05, 0) is 44.4 Å². The molecule has 0 aromatic heterocycles. The second-order valence-electron chi connectivity index (χ2n) is 6.86. The van der Waals surface area contributed by atoms with Gasteiger partial charge in [0.15, 0.2) is 6.29 Å². The zero-order valence-electron chi connectivity index (χ0n) is 14.8. The summed E-state index contributed by atoms with van der Waals surface area (Å²) in [5.41, 5.74) is 6.02. The van der Waals surface area contributed by atoms with Gasteiger partial charge < -0.3 is 25.6 Å². The van der Waals surface area contributed by atoms with Crippen LogP contribution in [0.3, 0.4) is 0 Å². The van der Waals surface area contributed by atoms with E-state index in [0.29, 0.717) is 25.4 Å². The van der Waals surface area contributed by atoms with Gasteiger partial charge in [0.05, 0.1) is 12.7 Å². The van der Waals surface area contributed by atoms with E-state index >= 15 is 0 Å². The van der Waals surface area contributed by atoms with Gasteiger partial charge in [-0.1, -0.05) is 13.8 Å². The number of nitrogens with two attached hydrogens (primary N) is 1. The molecule has 136 valence electrons. The Morgan fingerprint density at radius 2 is 2.13 bits per heavy atom. The van der Waals surface area contributed by atoms with Crippen LogP contribution in [0.5, 0.6) is 0 Å². The summed E-state index contributed by atoms with van der Waals surface area (Å²) < 4.78 is 11.2. The van der Waals surface area contributed by atoms with Crippen molar-refractivity contribution in [3.63, 3.8) is 0 Å². The molecular formula is C17H34N2O4. The van der Waals surface area contributed by atoms with Gasteiger partial charge in [0.25, 0.3) is 0 Å². The number of amides is 1. The van der Waals surface area contributed by atoms with Crippen LogP contribution in [0.4, 0.5) is 0 Å². The van der Waals surface area contributed by atoms with E-state index in [1.807, 2.05) is 0 Å². The number of aliphatic hydroxyl groups is 1. The van der Waals surface area contributed by atoms with Gasteiger partial charge in [0.2, 0.25) is 5.91 Å². The summed E-state index contributed by atoms with van der Waals surface area (Å²) >= 11 is 0. The van der Waals surface area contributed by atoms with Crippen LogP contribution in [0, 0.1) is 11.8 Å². The summed E-state index contributed by atoms with van der Waals surface area (Å²) in [5.74, 6) is 0.0515. The number of carbonyl (C=O) groups is 1. The summed E-state index contributed by atoms with van der Waals surface area (Å²) in [6, 6.07) is -0.301. The predicted molar refractivity (Wildman–Crippen MR) is 89.8 cm³/mol. The maximum Gasteiger partial charge on any atom is 0.223 e. The van der Waals surface area contributed by atoms with Crippen molar-refractivity contribution < 1.29 is 19.4 Å². The topological polar surface area (TPSA) is 93.8 Å². The number of hydrogen-bond acceptors (Lipinski definition) is 5. The van der Waals surface area contributed by atoms with Crippen LogP contribution in [-0.4, -0.2) is 49.7 Å². The number of aliphatic hydroxyl groups excluding tert-OH is 1. The number of nitrogens with one attached hydrogen (secondary N) is 1. The van der Waals surface area contributed by atoms with Crippen LogP contribution in [-0.2, 0) is 14.3 Å². The predicted octanol–water partition coefficient (Wildman–Crippen LogP) is 1.41. The Labute approximate surface area is 140 Å². The Balaban J connectivity index is 2.40. The zero-order chi connectivity index (χ0) is 17.2. The fourth-order valence-corrected chi connectivity index (χ4v) is 2.91. The summed E-state index contributed by atoms with van der Waals surface area (Å²) in [6.07, 6.45) is 3.95. The molecule has 1 amide bonds. The third-order valence-corrected chi connectivity index (χ3v) is 4.29. The summed E-state index contributed by atoms with van der Waals surface area (Å²) in [4.78, 5) is 12.0. The lowest BCUT2D eigenvalue weighted by molar-refractivity contribution is -0.165. The van der Waals surface area contributed by atoms with E-state index in [9.17, 15) is 9.90 Å². The van der Waals surface area contributed by atoms with Crippen molar-refractivity contribution in [1.82, 2.24) is 5.32 Å². The molecule has 0 aromatic carbocycles. The van der Waals surface area contributed by atoms with Crippen molar-refractivity contribution in [2.24, 2.45) is 17.6 Å². The normalized spacial score (nSPS) is 22.6. The number of carbonyl (C=O) groups excluding carboxylic acids is 1. The van der Waals surface area contributed by atoms with Crippen LogP contribution in [0.15, 0.2) is 0 Å². The summed E-state index contributed by atoms with van der Waals surface area (Å²) in [6.45, 7) is 5.34. The number of rotatable bonds is 10. The molecule has 0 spiro atoms. The Bertz CT molecular complexity index is 333. The lowest BCUT2D eigenvalue weighted by Crippen LogP contribution is -2.40. The van der Waals surface area contributed by atoms with Crippen LogP contribution in [0.1, 0.15) is 52.4 Å². The van der Waals surface area contributed by atoms with E-state index in [1.54, 1.807) is 7.05 Å². The lowest BCUT2D eigenvalue weighted by Gasteiger charge is -2.26.